The molecule has 0 N–H and O–H groups in total. The molecule has 0 fully saturated rings. The molecule has 0 aromatic heterocycles. The molecule has 0 aliphatic carbocycles. The minimum atomic E-state index is -0.530. The Kier molecular flexibility index (Phi) is 4.77. The minimum absolute atomic E-state index is 0.160. The Bertz CT molecular complexity index is 794. The van der Waals surface area contributed by atoms with Crippen molar-refractivity contribution in [2.75, 3.05) is 7.11 Å². The maximum absolute atomic E-state index is 11.0. The summed E-state index contributed by atoms with van der Waals surface area (Å²) < 4.78 is 4.95. The summed E-state index contributed by atoms with van der Waals surface area (Å²) in [4.78, 5) is 10.5. The fourth-order valence-corrected chi connectivity index (χ4v) is 2.19. The number of hydrogen-bond donors (Lipinski definition) is 0. The molecule has 2 rings (SSSR count). The second-order valence-corrected chi connectivity index (χ2v) is 4.75. The minimum Gasteiger partial charge on any atom is -0.490 e. The number of rotatable bonds is 4. The number of nitrogens with zero attached hydrogens (tertiary/aromatic N) is 2. The molecule has 0 saturated heterocycles. The summed E-state index contributed by atoms with van der Waals surface area (Å²) in [7, 11) is 1.36. The smallest absolute Gasteiger partial charge is 0.311 e. The number of allylic oxidation sites excluding steroid dienone is 1. The second kappa shape index (κ2) is 6.74. The van der Waals surface area contributed by atoms with E-state index >= 15 is 0 Å². The average molecular weight is 315 g/mol. The fourth-order valence-electron chi connectivity index (χ4n) is 1.96. The van der Waals surface area contributed by atoms with Crippen molar-refractivity contribution in [1.82, 2.24) is 0 Å². The highest BCUT2D eigenvalue weighted by Gasteiger charge is 2.15. The molecule has 2 aromatic rings. The second-order valence-electron chi connectivity index (χ2n) is 4.34. The topological polar surface area (TPSA) is 76.2 Å². The molecule has 2 aromatic carbocycles. The Morgan fingerprint density at radius 3 is 2.68 bits per heavy atom. The third-order valence-corrected chi connectivity index (χ3v) is 3.32. The molecule has 0 aliphatic heterocycles. The van der Waals surface area contributed by atoms with Crippen molar-refractivity contribution in [2.45, 2.75) is 0 Å². The predicted molar refractivity (Wildman–Crippen MR) is 84.6 cm³/mol. The summed E-state index contributed by atoms with van der Waals surface area (Å²) in [5.74, 6) is 0.165. The van der Waals surface area contributed by atoms with E-state index in [0.717, 1.165) is 0 Å². The van der Waals surface area contributed by atoms with Crippen LogP contribution in [0.2, 0.25) is 5.02 Å². The lowest BCUT2D eigenvalue weighted by atomic mass is 10.0. The Hall–Kier alpha value is -2.84. The zero-order valence-corrected chi connectivity index (χ0v) is 12.4. The maximum atomic E-state index is 11.0. The third-order valence-electron chi connectivity index (χ3n) is 3.00. The van der Waals surface area contributed by atoms with E-state index in [0.29, 0.717) is 21.7 Å². The van der Waals surface area contributed by atoms with Crippen LogP contribution in [-0.2, 0) is 0 Å². The normalized spacial score (nSPS) is 10.9. The van der Waals surface area contributed by atoms with Gasteiger partial charge in [-0.3, -0.25) is 10.1 Å². The Morgan fingerprint density at radius 2 is 2.09 bits per heavy atom. The van der Waals surface area contributed by atoms with Crippen LogP contribution in [0.15, 0.2) is 42.5 Å². The summed E-state index contributed by atoms with van der Waals surface area (Å²) in [6.45, 7) is 0. The Balaban J connectivity index is 2.52. The zero-order chi connectivity index (χ0) is 16.1. The number of nitro benzene ring substituents is 1. The first-order valence-electron chi connectivity index (χ1n) is 6.26. The van der Waals surface area contributed by atoms with Gasteiger partial charge in [0.1, 0.15) is 0 Å². The van der Waals surface area contributed by atoms with Crippen molar-refractivity contribution >= 4 is 28.9 Å². The molecule has 6 heteroatoms. The van der Waals surface area contributed by atoms with Crippen molar-refractivity contribution in [1.29, 1.82) is 5.26 Å². The van der Waals surface area contributed by atoms with Gasteiger partial charge in [0.25, 0.3) is 0 Å². The van der Waals surface area contributed by atoms with E-state index < -0.39 is 4.92 Å². The van der Waals surface area contributed by atoms with Crippen LogP contribution >= 0.6 is 11.6 Å². The van der Waals surface area contributed by atoms with E-state index in [-0.39, 0.29) is 11.4 Å². The number of hydrogen-bond acceptors (Lipinski definition) is 4. The molecule has 0 radical (unpaired) electrons. The maximum Gasteiger partial charge on any atom is 0.311 e. The van der Waals surface area contributed by atoms with Crippen LogP contribution in [0.5, 0.6) is 5.75 Å². The number of benzene rings is 2. The van der Waals surface area contributed by atoms with Gasteiger partial charge in [0.05, 0.1) is 23.7 Å². The average Bonchev–Trinajstić information content (AvgIpc) is 2.53. The Morgan fingerprint density at radius 1 is 1.36 bits per heavy atom. The highest BCUT2D eigenvalue weighted by Crippen LogP contribution is 2.30. The van der Waals surface area contributed by atoms with Crippen LogP contribution in [-0.4, -0.2) is 12.0 Å². The van der Waals surface area contributed by atoms with Gasteiger partial charge in [0, 0.05) is 16.7 Å². The number of methoxy groups -OCH3 is 1. The molecule has 0 heterocycles. The first-order valence-corrected chi connectivity index (χ1v) is 6.63. The van der Waals surface area contributed by atoms with Gasteiger partial charge in [-0.1, -0.05) is 35.9 Å². The number of halogens is 1. The van der Waals surface area contributed by atoms with E-state index in [1.807, 2.05) is 0 Å². The molecule has 0 atom stereocenters. The molecule has 110 valence electrons. The molecule has 0 aliphatic rings. The molecule has 0 spiro atoms. The van der Waals surface area contributed by atoms with Crippen molar-refractivity contribution in [3.05, 3.63) is 68.7 Å². The largest absolute Gasteiger partial charge is 0.490 e. The third kappa shape index (κ3) is 3.25. The van der Waals surface area contributed by atoms with E-state index in [9.17, 15) is 15.4 Å². The van der Waals surface area contributed by atoms with Gasteiger partial charge >= 0.3 is 5.69 Å². The van der Waals surface area contributed by atoms with Crippen LogP contribution in [0, 0.1) is 21.4 Å². The number of ether oxygens (including phenoxy) is 1. The van der Waals surface area contributed by atoms with E-state index in [2.05, 4.69) is 6.07 Å². The first kappa shape index (κ1) is 15.5. The molecule has 0 amide bonds. The lowest BCUT2D eigenvalue weighted by Gasteiger charge is -2.04. The number of nitro groups is 1. The van der Waals surface area contributed by atoms with Crippen molar-refractivity contribution in [3.63, 3.8) is 0 Å². The van der Waals surface area contributed by atoms with Gasteiger partial charge in [-0.2, -0.15) is 5.26 Å². The van der Waals surface area contributed by atoms with Gasteiger partial charge < -0.3 is 4.74 Å². The lowest BCUT2D eigenvalue weighted by molar-refractivity contribution is -0.385. The van der Waals surface area contributed by atoms with Crippen LogP contribution < -0.4 is 4.74 Å². The molecule has 0 unspecified atom stereocenters. The summed E-state index contributed by atoms with van der Waals surface area (Å²) >= 11 is 6.07. The monoisotopic (exact) mass is 314 g/mol. The van der Waals surface area contributed by atoms with E-state index in [1.165, 1.54) is 19.2 Å². The van der Waals surface area contributed by atoms with Crippen LogP contribution in [0.1, 0.15) is 11.1 Å². The van der Waals surface area contributed by atoms with Gasteiger partial charge in [0.15, 0.2) is 5.75 Å². The van der Waals surface area contributed by atoms with E-state index in [1.54, 1.807) is 36.4 Å². The molecule has 22 heavy (non-hydrogen) atoms. The quantitative estimate of drug-likeness (QED) is 0.364. The zero-order valence-electron chi connectivity index (χ0n) is 11.6. The molecule has 0 saturated carbocycles. The molecule has 0 bridgehead atoms. The highest BCUT2D eigenvalue weighted by atomic mass is 35.5. The summed E-state index contributed by atoms with van der Waals surface area (Å²) in [6.07, 6.45) is 1.55. The van der Waals surface area contributed by atoms with Crippen molar-refractivity contribution < 1.29 is 9.66 Å². The van der Waals surface area contributed by atoms with Crippen molar-refractivity contribution in [3.8, 4) is 11.8 Å². The predicted octanol–water partition coefficient (Wildman–Crippen LogP) is 4.32. The van der Waals surface area contributed by atoms with Crippen molar-refractivity contribution in [2.24, 2.45) is 0 Å². The highest BCUT2D eigenvalue weighted by molar-refractivity contribution is 6.32. The molecular formula is C16H11ClN2O3. The summed E-state index contributed by atoms with van der Waals surface area (Å²) in [5, 5.41) is 20.8. The van der Waals surface area contributed by atoms with Gasteiger partial charge in [-0.15, -0.1) is 0 Å². The molecular weight excluding hydrogens is 304 g/mol. The lowest BCUT2D eigenvalue weighted by Crippen LogP contribution is -1.94. The van der Waals surface area contributed by atoms with Gasteiger partial charge in [0.2, 0.25) is 0 Å². The van der Waals surface area contributed by atoms with Crippen LogP contribution in [0.4, 0.5) is 5.69 Å². The summed E-state index contributed by atoms with van der Waals surface area (Å²) in [5.41, 5.74) is 1.26. The fraction of sp³-hybridized carbons (Fsp3) is 0.0625. The molecule has 5 nitrogen and oxygen atoms in total. The first-order chi connectivity index (χ1) is 10.6. The Labute approximate surface area is 132 Å². The van der Waals surface area contributed by atoms with Gasteiger partial charge in [-0.05, 0) is 23.8 Å². The van der Waals surface area contributed by atoms with Gasteiger partial charge in [-0.25, -0.2) is 0 Å². The SMILES string of the molecule is COc1ccc(C=C(C#N)c2ccccc2Cl)cc1[N+](=O)[O-]. The van der Waals surface area contributed by atoms with Crippen LogP contribution in [0.25, 0.3) is 11.6 Å². The number of nitriles is 1. The standard InChI is InChI=1S/C16H11ClN2O3/c1-22-16-7-6-11(9-15(16)19(20)21)8-12(10-18)13-4-2-3-5-14(13)17/h2-9H,1H3. The van der Waals surface area contributed by atoms with Crippen LogP contribution in [0.3, 0.4) is 0 Å². The summed E-state index contributed by atoms with van der Waals surface area (Å²) in [6, 6.07) is 13.5. The van der Waals surface area contributed by atoms with E-state index in [4.69, 9.17) is 16.3 Å².